The van der Waals surface area contributed by atoms with Crippen LogP contribution in [-0.2, 0) is 19.1 Å². The molecule has 0 radical (unpaired) electrons. The quantitative estimate of drug-likeness (QED) is 0.804. The van der Waals surface area contributed by atoms with Gasteiger partial charge >= 0.3 is 5.97 Å². The second-order valence-electron chi connectivity index (χ2n) is 3.30. The molecular formula is C10H12O5S. The number of carboxylic acid groups (broad SMARTS) is 1. The SMILES string of the molecule is Cc1ccccc1S(=O)(=O)OC(C)C(=O)O. The normalized spacial score (nSPS) is 13.4. The Kier molecular flexibility index (Phi) is 3.66. The van der Waals surface area contributed by atoms with Gasteiger partial charge < -0.3 is 5.11 Å². The average molecular weight is 244 g/mol. The van der Waals surface area contributed by atoms with Gasteiger partial charge in [0.25, 0.3) is 10.1 Å². The summed E-state index contributed by atoms with van der Waals surface area (Å²) < 4.78 is 27.9. The van der Waals surface area contributed by atoms with E-state index in [0.717, 1.165) is 6.92 Å². The molecule has 1 rings (SSSR count). The summed E-state index contributed by atoms with van der Waals surface area (Å²) in [6.45, 7) is 2.78. The highest BCUT2D eigenvalue weighted by Gasteiger charge is 2.24. The first-order valence-corrected chi connectivity index (χ1v) is 5.97. The van der Waals surface area contributed by atoms with Crippen molar-refractivity contribution in [2.45, 2.75) is 24.8 Å². The lowest BCUT2D eigenvalue weighted by Gasteiger charge is -2.10. The van der Waals surface area contributed by atoms with Crippen LogP contribution in [0.4, 0.5) is 0 Å². The number of carboxylic acids is 1. The predicted octanol–water partition coefficient (Wildman–Crippen LogP) is 1.17. The van der Waals surface area contributed by atoms with Gasteiger partial charge in [0, 0.05) is 0 Å². The molecule has 0 saturated carbocycles. The zero-order chi connectivity index (χ0) is 12.3. The zero-order valence-electron chi connectivity index (χ0n) is 8.88. The molecule has 16 heavy (non-hydrogen) atoms. The van der Waals surface area contributed by atoms with Gasteiger partial charge in [-0.2, -0.15) is 8.42 Å². The van der Waals surface area contributed by atoms with E-state index in [1.165, 1.54) is 6.07 Å². The summed E-state index contributed by atoms with van der Waals surface area (Å²) in [6, 6.07) is 6.23. The number of hydrogen-bond acceptors (Lipinski definition) is 4. The van der Waals surface area contributed by atoms with Crippen LogP contribution < -0.4 is 0 Å². The predicted molar refractivity (Wildman–Crippen MR) is 56.5 cm³/mol. The average Bonchev–Trinajstić information content (AvgIpc) is 2.17. The Bertz CT molecular complexity index is 492. The highest BCUT2D eigenvalue weighted by molar-refractivity contribution is 7.86. The number of carbonyl (C=O) groups is 1. The maximum Gasteiger partial charge on any atom is 0.334 e. The molecule has 1 N–H and O–H groups in total. The van der Waals surface area contributed by atoms with Gasteiger partial charge in [-0.15, -0.1) is 0 Å². The number of hydrogen-bond donors (Lipinski definition) is 1. The molecule has 1 atom stereocenters. The fraction of sp³-hybridized carbons (Fsp3) is 0.300. The molecule has 88 valence electrons. The van der Waals surface area contributed by atoms with Gasteiger partial charge in [0.1, 0.15) is 0 Å². The van der Waals surface area contributed by atoms with Crippen LogP contribution >= 0.6 is 0 Å². The Hall–Kier alpha value is -1.40. The fourth-order valence-corrected chi connectivity index (χ4v) is 2.39. The number of benzene rings is 1. The summed E-state index contributed by atoms with van der Waals surface area (Å²) in [5, 5.41) is 8.57. The van der Waals surface area contributed by atoms with Crippen molar-refractivity contribution in [3.05, 3.63) is 29.8 Å². The van der Waals surface area contributed by atoms with Gasteiger partial charge in [-0.05, 0) is 25.5 Å². The molecule has 0 saturated heterocycles. The van der Waals surface area contributed by atoms with Crippen molar-refractivity contribution in [1.29, 1.82) is 0 Å². The van der Waals surface area contributed by atoms with E-state index in [2.05, 4.69) is 4.18 Å². The molecule has 0 bridgehead atoms. The van der Waals surface area contributed by atoms with Crippen molar-refractivity contribution in [3.8, 4) is 0 Å². The van der Waals surface area contributed by atoms with E-state index in [-0.39, 0.29) is 4.90 Å². The molecule has 1 aromatic rings. The minimum atomic E-state index is -4.02. The Morgan fingerprint density at radius 2 is 1.94 bits per heavy atom. The summed E-state index contributed by atoms with van der Waals surface area (Å²) in [7, 11) is -4.02. The van der Waals surface area contributed by atoms with Crippen molar-refractivity contribution in [3.63, 3.8) is 0 Å². The van der Waals surface area contributed by atoms with Crippen LogP contribution in [0.3, 0.4) is 0 Å². The van der Waals surface area contributed by atoms with Gasteiger partial charge in [-0.1, -0.05) is 18.2 Å². The fourth-order valence-electron chi connectivity index (χ4n) is 1.12. The van der Waals surface area contributed by atoms with Crippen LogP contribution in [0, 0.1) is 6.92 Å². The smallest absolute Gasteiger partial charge is 0.334 e. The summed E-state index contributed by atoms with van der Waals surface area (Å²) in [5.41, 5.74) is 0.514. The lowest BCUT2D eigenvalue weighted by Crippen LogP contribution is -2.24. The molecule has 0 aliphatic carbocycles. The van der Waals surface area contributed by atoms with Crippen molar-refractivity contribution < 1.29 is 22.5 Å². The number of rotatable bonds is 4. The molecule has 0 aliphatic rings. The minimum Gasteiger partial charge on any atom is -0.479 e. The van der Waals surface area contributed by atoms with Gasteiger partial charge in [-0.25, -0.2) is 4.79 Å². The third-order valence-corrected chi connectivity index (χ3v) is 3.52. The third-order valence-electron chi connectivity index (χ3n) is 1.98. The Labute approximate surface area is 93.8 Å². The number of aryl methyl sites for hydroxylation is 1. The van der Waals surface area contributed by atoms with Gasteiger partial charge in [-0.3, -0.25) is 4.18 Å². The van der Waals surface area contributed by atoms with Crippen LogP contribution in [0.5, 0.6) is 0 Å². The highest BCUT2D eigenvalue weighted by Crippen LogP contribution is 2.18. The van der Waals surface area contributed by atoms with Crippen LogP contribution in [-0.4, -0.2) is 25.6 Å². The van der Waals surface area contributed by atoms with Crippen LogP contribution in [0.1, 0.15) is 12.5 Å². The van der Waals surface area contributed by atoms with Crippen LogP contribution in [0.2, 0.25) is 0 Å². The second-order valence-corrected chi connectivity index (χ2v) is 4.84. The third kappa shape index (κ3) is 2.80. The first kappa shape index (κ1) is 12.7. The second kappa shape index (κ2) is 4.63. The standard InChI is InChI=1S/C10H12O5S/c1-7-5-3-4-6-9(7)16(13,14)15-8(2)10(11)12/h3-6,8H,1-2H3,(H,11,12). The zero-order valence-corrected chi connectivity index (χ0v) is 9.69. The molecule has 1 unspecified atom stereocenters. The molecule has 0 amide bonds. The summed E-state index contributed by atoms with van der Waals surface area (Å²) in [6.07, 6.45) is -1.40. The Balaban J connectivity index is 3.04. The molecule has 5 nitrogen and oxygen atoms in total. The van der Waals surface area contributed by atoms with E-state index in [1.54, 1.807) is 25.1 Å². The molecule has 1 aromatic carbocycles. The lowest BCUT2D eigenvalue weighted by molar-refractivity contribution is -0.144. The Morgan fingerprint density at radius 1 is 1.38 bits per heavy atom. The van der Waals surface area contributed by atoms with E-state index < -0.39 is 22.2 Å². The van der Waals surface area contributed by atoms with Gasteiger partial charge in [0.15, 0.2) is 6.10 Å². The van der Waals surface area contributed by atoms with E-state index >= 15 is 0 Å². The van der Waals surface area contributed by atoms with E-state index in [9.17, 15) is 13.2 Å². The van der Waals surface area contributed by atoms with Gasteiger partial charge in [0.05, 0.1) is 4.90 Å². The number of aliphatic carboxylic acids is 1. The van der Waals surface area contributed by atoms with Crippen molar-refractivity contribution in [1.82, 2.24) is 0 Å². The first-order chi connectivity index (χ1) is 7.34. The molecule has 0 spiro atoms. The van der Waals surface area contributed by atoms with E-state index in [0.29, 0.717) is 5.56 Å². The molecular weight excluding hydrogens is 232 g/mol. The first-order valence-electron chi connectivity index (χ1n) is 4.56. The monoisotopic (exact) mass is 244 g/mol. The maximum absolute atomic E-state index is 11.7. The highest BCUT2D eigenvalue weighted by atomic mass is 32.2. The maximum atomic E-state index is 11.7. The van der Waals surface area contributed by atoms with Crippen molar-refractivity contribution >= 4 is 16.1 Å². The van der Waals surface area contributed by atoms with E-state index in [4.69, 9.17) is 5.11 Å². The van der Waals surface area contributed by atoms with Gasteiger partial charge in [0.2, 0.25) is 0 Å². The summed E-state index contributed by atoms with van der Waals surface area (Å²) >= 11 is 0. The van der Waals surface area contributed by atoms with E-state index in [1.807, 2.05) is 0 Å². The minimum absolute atomic E-state index is 0.0110. The lowest BCUT2D eigenvalue weighted by atomic mass is 10.2. The molecule has 6 heteroatoms. The largest absolute Gasteiger partial charge is 0.479 e. The summed E-state index contributed by atoms with van der Waals surface area (Å²) in [5.74, 6) is -1.32. The van der Waals surface area contributed by atoms with Crippen molar-refractivity contribution in [2.75, 3.05) is 0 Å². The molecule has 0 heterocycles. The summed E-state index contributed by atoms with van der Waals surface area (Å²) in [4.78, 5) is 10.5. The Morgan fingerprint density at radius 3 is 2.44 bits per heavy atom. The van der Waals surface area contributed by atoms with Crippen molar-refractivity contribution in [2.24, 2.45) is 0 Å². The molecule has 0 aliphatic heterocycles. The van der Waals surface area contributed by atoms with Crippen LogP contribution in [0.25, 0.3) is 0 Å². The molecule has 0 aromatic heterocycles. The molecule has 0 fully saturated rings. The topological polar surface area (TPSA) is 80.7 Å². The van der Waals surface area contributed by atoms with Crippen LogP contribution in [0.15, 0.2) is 29.2 Å².